The summed E-state index contributed by atoms with van der Waals surface area (Å²) in [5.74, 6) is 2.50. The topological polar surface area (TPSA) is 51.2 Å². The largest absolute Gasteiger partial charge is 0.466 e. The molecule has 4 heteroatoms. The van der Waals surface area contributed by atoms with Crippen LogP contribution in [0.15, 0.2) is 21.1 Å². The van der Waals surface area contributed by atoms with E-state index in [-0.39, 0.29) is 0 Å². The minimum absolute atomic E-state index is 0.708. The molecule has 2 aromatic rings. The second-order valence-electron chi connectivity index (χ2n) is 3.54. The molecule has 0 atom stereocenters. The van der Waals surface area contributed by atoms with Gasteiger partial charge in [0, 0.05) is 12.6 Å². The molecular weight excluding hydrogens is 192 g/mol. The van der Waals surface area contributed by atoms with Crippen LogP contribution in [0.4, 0.5) is 0 Å². The lowest BCUT2D eigenvalue weighted by atomic mass is 10.2. The maximum Gasteiger partial charge on any atom is 0.170 e. The minimum Gasteiger partial charge on any atom is -0.466 e. The van der Waals surface area contributed by atoms with Crippen molar-refractivity contribution in [2.24, 2.45) is 0 Å². The van der Waals surface area contributed by atoms with Crippen molar-refractivity contribution in [2.75, 3.05) is 7.05 Å². The quantitative estimate of drug-likeness (QED) is 0.837. The predicted octanol–water partition coefficient (Wildman–Crippen LogP) is 2.27. The molecule has 0 aromatic carbocycles. The van der Waals surface area contributed by atoms with Crippen LogP contribution in [0, 0.1) is 13.8 Å². The Balaban J connectivity index is 2.32. The van der Waals surface area contributed by atoms with Crippen LogP contribution < -0.4 is 5.32 Å². The molecule has 0 spiro atoms. The Labute approximate surface area is 88.3 Å². The van der Waals surface area contributed by atoms with Crippen LogP contribution >= 0.6 is 0 Å². The fraction of sp³-hybridized carbons (Fsp3) is 0.364. The summed E-state index contributed by atoms with van der Waals surface area (Å²) in [6.07, 6.45) is 0. The Kier molecular flexibility index (Phi) is 2.60. The Hall–Kier alpha value is -1.55. The van der Waals surface area contributed by atoms with Crippen molar-refractivity contribution in [1.82, 2.24) is 10.5 Å². The molecule has 15 heavy (non-hydrogen) atoms. The first kappa shape index (κ1) is 9.98. The zero-order valence-corrected chi connectivity index (χ0v) is 9.13. The van der Waals surface area contributed by atoms with E-state index in [1.807, 2.05) is 33.0 Å². The third kappa shape index (κ3) is 1.94. The SMILES string of the molecule is CNCc1cc(-c2cc(C)oc2C)on1. The van der Waals surface area contributed by atoms with Crippen molar-refractivity contribution < 1.29 is 8.94 Å². The summed E-state index contributed by atoms with van der Waals surface area (Å²) in [5.41, 5.74) is 1.87. The number of hydrogen-bond donors (Lipinski definition) is 1. The number of rotatable bonds is 3. The predicted molar refractivity (Wildman–Crippen MR) is 56.4 cm³/mol. The van der Waals surface area contributed by atoms with E-state index in [1.54, 1.807) is 0 Å². The molecule has 2 aromatic heterocycles. The van der Waals surface area contributed by atoms with E-state index in [1.165, 1.54) is 0 Å². The number of nitrogens with one attached hydrogen (secondary N) is 1. The second kappa shape index (κ2) is 3.90. The summed E-state index contributed by atoms with van der Waals surface area (Å²) in [4.78, 5) is 0. The zero-order chi connectivity index (χ0) is 10.8. The van der Waals surface area contributed by atoms with Gasteiger partial charge >= 0.3 is 0 Å². The molecule has 80 valence electrons. The van der Waals surface area contributed by atoms with E-state index in [0.717, 1.165) is 28.5 Å². The van der Waals surface area contributed by atoms with Crippen LogP contribution in [0.1, 0.15) is 17.2 Å². The maximum atomic E-state index is 5.43. The van der Waals surface area contributed by atoms with Gasteiger partial charge in [-0.3, -0.25) is 0 Å². The number of hydrogen-bond acceptors (Lipinski definition) is 4. The summed E-state index contributed by atoms with van der Waals surface area (Å²) in [6, 6.07) is 3.88. The van der Waals surface area contributed by atoms with E-state index in [2.05, 4.69) is 10.5 Å². The van der Waals surface area contributed by atoms with E-state index >= 15 is 0 Å². The third-order valence-corrected chi connectivity index (χ3v) is 2.22. The highest BCUT2D eigenvalue weighted by Crippen LogP contribution is 2.26. The molecule has 0 aliphatic carbocycles. The molecular formula is C11H14N2O2. The average Bonchev–Trinajstić information content (AvgIpc) is 2.73. The first-order valence-corrected chi connectivity index (χ1v) is 4.88. The van der Waals surface area contributed by atoms with Crippen LogP contribution in [0.3, 0.4) is 0 Å². The lowest BCUT2D eigenvalue weighted by Crippen LogP contribution is -2.04. The normalized spacial score (nSPS) is 10.9. The summed E-state index contributed by atoms with van der Waals surface area (Å²) in [6.45, 7) is 4.54. The molecule has 1 N–H and O–H groups in total. The molecule has 0 unspecified atom stereocenters. The van der Waals surface area contributed by atoms with E-state index in [0.29, 0.717) is 6.54 Å². The standard InChI is InChI=1S/C11H14N2O2/c1-7-4-10(8(2)14-7)11-5-9(6-12-3)13-15-11/h4-5,12H,6H2,1-3H3. The van der Waals surface area contributed by atoms with Crippen LogP contribution in [0.25, 0.3) is 11.3 Å². The van der Waals surface area contributed by atoms with Crippen LogP contribution in [-0.4, -0.2) is 12.2 Å². The van der Waals surface area contributed by atoms with Crippen molar-refractivity contribution in [3.8, 4) is 11.3 Å². The van der Waals surface area contributed by atoms with Crippen LogP contribution in [0.5, 0.6) is 0 Å². The fourth-order valence-corrected chi connectivity index (χ4v) is 1.58. The van der Waals surface area contributed by atoms with Crippen LogP contribution in [0.2, 0.25) is 0 Å². The van der Waals surface area contributed by atoms with Crippen LogP contribution in [-0.2, 0) is 6.54 Å². The highest BCUT2D eigenvalue weighted by atomic mass is 16.5. The van der Waals surface area contributed by atoms with Gasteiger partial charge in [0.1, 0.15) is 11.5 Å². The Bertz CT molecular complexity index is 457. The Morgan fingerprint density at radius 1 is 1.33 bits per heavy atom. The second-order valence-corrected chi connectivity index (χ2v) is 3.54. The molecule has 0 aliphatic heterocycles. The summed E-state index contributed by atoms with van der Waals surface area (Å²) in [7, 11) is 1.88. The van der Waals surface area contributed by atoms with Crippen molar-refractivity contribution in [2.45, 2.75) is 20.4 Å². The Morgan fingerprint density at radius 2 is 2.13 bits per heavy atom. The van der Waals surface area contributed by atoms with Crippen molar-refractivity contribution in [3.05, 3.63) is 29.3 Å². The van der Waals surface area contributed by atoms with Gasteiger partial charge < -0.3 is 14.3 Å². The smallest absolute Gasteiger partial charge is 0.170 e. The van der Waals surface area contributed by atoms with E-state index in [4.69, 9.17) is 8.94 Å². The average molecular weight is 206 g/mol. The summed E-state index contributed by atoms with van der Waals surface area (Å²) in [5, 5.41) is 6.98. The highest BCUT2D eigenvalue weighted by Gasteiger charge is 2.12. The summed E-state index contributed by atoms with van der Waals surface area (Å²) >= 11 is 0. The van der Waals surface area contributed by atoms with Gasteiger partial charge in [0.2, 0.25) is 0 Å². The number of aryl methyl sites for hydroxylation is 2. The number of furan rings is 1. The molecule has 0 fully saturated rings. The molecule has 0 radical (unpaired) electrons. The summed E-state index contributed by atoms with van der Waals surface area (Å²) < 4.78 is 10.7. The highest BCUT2D eigenvalue weighted by molar-refractivity contribution is 5.60. The maximum absolute atomic E-state index is 5.43. The van der Waals surface area contributed by atoms with Gasteiger partial charge in [-0.1, -0.05) is 5.16 Å². The molecule has 0 amide bonds. The van der Waals surface area contributed by atoms with E-state index in [9.17, 15) is 0 Å². The zero-order valence-electron chi connectivity index (χ0n) is 9.13. The third-order valence-electron chi connectivity index (χ3n) is 2.22. The molecule has 0 saturated carbocycles. The van der Waals surface area contributed by atoms with Gasteiger partial charge in [-0.2, -0.15) is 0 Å². The molecule has 2 rings (SSSR count). The van der Waals surface area contributed by atoms with Gasteiger partial charge in [-0.15, -0.1) is 0 Å². The fourth-order valence-electron chi connectivity index (χ4n) is 1.58. The van der Waals surface area contributed by atoms with Gasteiger partial charge in [-0.25, -0.2) is 0 Å². The van der Waals surface area contributed by atoms with Crippen molar-refractivity contribution >= 4 is 0 Å². The van der Waals surface area contributed by atoms with Gasteiger partial charge in [-0.05, 0) is 27.0 Å². The van der Waals surface area contributed by atoms with Crippen molar-refractivity contribution in [3.63, 3.8) is 0 Å². The monoisotopic (exact) mass is 206 g/mol. The Morgan fingerprint density at radius 3 is 2.73 bits per heavy atom. The first-order valence-electron chi connectivity index (χ1n) is 4.88. The first-order chi connectivity index (χ1) is 7.20. The molecule has 0 bridgehead atoms. The van der Waals surface area contributed by atoms with Crippen molar-refractivity contribution in [1.29, 1.82) is 0 Å². The van der Waals surface area contributed by atoms with Gasteiger partial charge in [0.05, 0.1) is 11.3 Å². The minimum atomic E-state index is 0.708. The number of nitrogens with zero attached hydrogens (tertiary/aromatic N) is 1. The molecule has 0 saturated heterocycles. The molecule has 2 heterocycles. The lowest BCUT2D eigenvalue weighted by Gasteiger charge is -1.89. The lowest BCUT2D eigenvalue weighted by molar-refractivity contribution is 0.420. The molecule has 4 nitrogen and oxygen atoms in total. The van der Waals surface area contributed by atoms with Gasteiger partial charge in [0.25, 0.3) is 0 Å². The molecule has 0 aliphatic rings. The van der Waals surface area contributed by atoms with E-state index < -0.39 is 0 Å². The number of aromatic nitrogens is 1. The van der Waals surface area contributed by atoms with Gasteiger partial charge in [0.15, 0.2) is 5.76 Å².